The summed E-state index contributed by atoms with van der Waals surface area (Å²) in [6.45, 7) is 5.94. The summed E-state index contributed by atoms with van der Waals surface area (Å²) < 4.78 is 0. The predicted octanol–water partition coefficient (Wildman–Crippen LogP) is 2.01. The molecule has 1 aliphatic heterocycles. The Bertz CT molecular complexity index is 957. The van der Waals surface area contributed by atoms with Crippen LogP contribution in [-0.2, 0) is 5.60 Å². The molecular weight excluding hydrogens is 378 g/mol. The van der Waals surface area contributed by atoms with Gasteiger partial charge in [0.15, 0.2) is 0 Å². The SMILES string of the molecule is C[C@@H]1CC[C@@H](n2ncc(C(C)(C)O)n2)CN1C(=O)c1sccc1-n1nccn1. The van der Waals surface area contributed by atoms with Gasteiger partial charge in [-0.2, -0.15) is 25.2 Å². The highest BCUT2D eigenvalue weighted by atomic mass is 32.1. The van der Waals surface area contributed by atoms with Gasteiger partial charge >= 0.3 is 0 Å². The number of carbonyl (C=O) groups is 1. The van der Waals surface area contributed by atoms with E-state index in [1.807, 2.05) is 16.3 Å². The summed E-state index contributed by atoms with van der Waals surface area (Å²) in [6, 6.07) is 1.95. The van der Waals surface area contributed by atoms with Crippen molar-refractivity contribution in [1.29, 1.82) is 0 Å². The molecule has 0 aliphatic carbocycles. The van der Waals surface area contributed by atoms with Crippen LogP contribution in [-0.4, -0.2) is 58.5 Å². The third kappa shape index (κ3) is 3.45. The highest BCUT2D eigenvalue weighted by Crippen LogP contribution is 2.30. The van der Waals surface area contributed by atoms with Crippen molar-refractivity contribution in [3.8, 4) is 5.69 Å². The lowest BCUT2D eigenvalue weighted by Gasteiger charge is -2.37. The predicted molar refractivity (Wildman–Crippen MR) is 103 cm³/mol. The fourth-order valence-corrected chi connectivity index (χ4v) is 4.20. The minimum atomic E-state index is -1.04. The second kappa shape index (κ2) is 7.10. The maximum absolute atomic E-state index is 13.3. The third-order valence-electron chi connectivity index (χ3n) is 5.05. The molecule has 0 saturated carbocycles. The molecule has 0 aromatic carbocycles. The van der Waals surface area contributed by atoms with E-state index in [0.29, 0.717) is 22.8 Å². The van der Waals surface area contributed by atoms with Crippen molar-refractivity contribution in [2.45, 2.75) is 51.3 Å². The molecule has 3 aromatic rings. The first kappa shape index (κ1) is 18.8. The number of piperidine rings is 1. The molecule has 4 rings (SSSR count). The average molecular weight is 401 g/mol. The van der Waals surface area contributed by atoms with Gasteiger partial charge in [-0.1, -0.05) is 0 Å². The zero-order valence-corrected chi connectivity index (χ0v) is 16.9. The molecule has 0 spiro atoms. The maximum atomic E-state index is 13.3. The molecule has 1 saturated heterocycles. The first-order valence-electron chi connectivity index (χ1n) is 9.24. The van der Waals surface area contributed by atoms with E-state index in [9.17, 15) is 9.90 Å². The summed E-state index contributed by atoms with van der Waals surface area (Å²) in [7, 11) is 0. The van der Waals surface area contributed by atoms with Gasteiger partial charge < -0.3 is 10.0 Å². The second-order valence-electron chi connectivity index (χ2n) is 7.60. The minimum Gasteiger partial charge on any atom is -0.384 e. The van der Waals surface area contributed by atoms with Crippen molar-refractivity contribution in [1.82, 2.24) is 34.9 Å². The van der Waals surface area contributed by atoms with Crippen LogP contribution < -0.4 is 0 Å². The molecule has 1 amide bonds. The smallest absolute Gasteiger partial charge is 0.266 e. The first-order valence-corrected chi connectivity index (χ1v) is 10.1. The topological polar surface area (TPSA) is 102 Å². The molecule has 0 bridgehead atoms. The van der Waals surface area contributed by atoms with Crippen molar-refractivity contribution in [2.24, 2.45) is 0 Å². The van der Waals surface area contributed by atoms with Gasteiger partial charge in [0.05, 0.1) is 24.6 Å². The zero-order valence-electron chi connectivity index (χ0n) is 16.1. The number of aromatic nitrogens is 6. The van der Waals surface area contributed by atoms with Crippen LogP contribution in [0.5, 0.6) is 0 Å². The molecule has 1 fully saturated rings. The molecular formula is C18H23N7O2S. The summed E-state index contributed by atoms with van der Waals surface area (Å²) in [6.07, 6.45) is 6.51. The number of nitrogens with zero attached hydrogens (tertiary/aromatic N) is 7. The standard InChI is InChI=1S/C18H23N7O2S/c1-12-4-5-13(24-21-10-15(22-24)18(2,3)27)11-23(12)17(26)16-14(6-9-28-16)25-19-7-8-20-25/h6-10,12-13,27H,4-5,11H2,1-3H3/t12-,13-/m1/s1. The van der Waals surface area contributed by atoms with Gasteiger partial charge in [-0.15, -0.1) is 16.1 Å². The van der Waals surface area contributed by atoms with Gasteiger partial charge in [0.25, 0.3) is 5.91 Å². The average Bonchev–Trinajstić information content (AvgIpc) is 3.40. The number of amides is 1. The summed E-state index contributed by atoms with van der Waals surface area (Å²) in [5.41, 5.74) is 0.170. The van der Waals surface area contributed by atoms with E-state index < -0.39 is 5.60 Å². The number of hydrogen-bond donors (Lipinski definition) is 1. The van der Waals surface area contributed by atoms with E-state index in [0.717, 1.165) is 12.8 Å². The normalized spacial score (nSPS) is 20.5. The van der Waals surface area contributed by atoms with Crippen LogP contribution in [0.3, 0.4) is 0 Å². The van der Waals surface area contributed by atoms with E-state index in [1.165, 1.54) is 16.1 Å². The Kier molecular flexibility index (Phi) is 4.76. The van der Waals surface area contributed by atoms with E-state index >= 15 is 0 Å². The molecule has 0 radical (unpaired) electrons. The van der Waals surface area contributed by atoms with Gasteiger partial charge in [-0.05, 0) is 45.1 Å². The van der Waals surface area contributed by atoms with Crippen LogP contribution >= 0.6 is 11.3 Å². The van der Waals surface area contributed by atoms with Gasteiger partial charge in [-0.3, -0.25) is 4.79 Å². The molecule has 148 valence electrons. The third-order valence-corrected chi connectivity index (χ3v) is 5.94. The molecule has 10 heteroatoms. The van der Waals surface area contributed by atoms with Crippen LogP contribution in [0.25, 0.3) is 5.69 Å². The van der Waals surface area contributed by atoms with Crippen molar-refractivity contribution >= 4 is 17.2 Å². The number of likely N-dealkylation sites (tertiary alicyclic amines) is 1. The largest absolute Gasteiger partial charge is 0.384 e. The van der Waals surface area contributed by atoms with Crippen LogP contribution in [0.15, 0.2) is 30.0 Å². The molecule has 0 unspecified atom stereocenters. The highest BCUT2D eigenvalue weighted by Gasteiger charge is 2.34. The zero-order chi connectivity index (χ0) is 19.9. The first-order chi connectivity index (χ1) is 13.3. The number of carbonyl (C=O) groups excluding carboxylic acids is 1. The lowest BCUT2D eigenvalue weighted by Crippen LogP contribution is -2.46. The molecule has 28 heavy (non-hydrogen) atoms. The number of rotatable bonds is 4. The molecule has 4 heterocycles. The van der Waals surface area contributed by atoms with E-state index in [2.05, 4.69) is 27.3 Å². The molecule has 3 aromatic heterocycles. The second-order valence-corrected chi connectivity index (χ2v) is 8.52. The quantitative estimate of drug-likeness (QED) is 0.718. The summed E-state index contributed by atoms with van der Waals surface area (Å²) in [5.74, 6) is -0.0330. The highest BCUT2D eigenvalue weighted by molar-refractivity contribution is 7.12. The number of aliphatic hydroxyl groups is 1. The Hall–Kier alpha value is -2.59. The maximum Gasteiger partial charge on any atom is 0.266 e. The van der Waals surface area contributed by atoms with Gasteiger partial charge in [0.2, 0.25) is 0 Å². The van der Waals surface area contributed by atoms with E-state index in [-0.39, 0.29) is 18.0 Å². The van der Waals surface area contributed by atoms with Crippen LogP contribution in [0.1, 0.15) is 55.0 Å². The summed E-state index contributed by atoms with van der Waals surface area (Å²) in [4.78, 5) is 18.9. The fraction of sp³-hybridized carbons (Fsp3) is 0.500. The van der Waals surface area contributed by atoms with Crippen LogP contribution in [0.4, 0.5) is 0 Å². The van der Waals surface area contributed by atoms with Gasteiger partial charge in [0.1, 0.15) is 21.9 Å². The Morgan fingerprint density at radius 2 is 2.00 bits per heavy atom. The lowest BCUT2D eigenvalue weighted by molar-refractivity contribution is 0.0537. The van der Waals surface area contributed by atoms with Gasteiger partial charge in [-0.25, -0.2) is 0 Å². The Labute approximate surface area is 166 Å². The summed E-state index contributed by atoms with van der Waals surface area (Å²) in [5, 5.41) is 29.1. The molecule has 1 N–H and O–H groups in total. The number of hydrogen-bond acceptors (Lipinski definition) is 7. The molecule has 1 aliphatic rings. The van der Waals surface area contributed by atoms with Crippen molar-refractivity contribution in [2.75, 3.05) is 6.54 Å². The fourth-order valence-electron chi connectivity index (χ4n) is 3.38. The van der Waals surface area contributed by atoms with Crippen molar-refractivity contribution < 1.29 is 9.90 Å². The molecule has 2 atom stereocenters. The van der Waals surface area contributed by atoms with Crippen LogP contribution in [0.2, 0.25) is 0 Å². The monoisotopic (exact) mass is 401 g/mol. The van der Waals surface area contributed by atoms with Crippen molar-refractivity contribution in [3.05, 3.63) is 40.6 Å². The van der Waals surface area contributed by atoms with Crippen LogP contribution in [0, 0.1) is 0 Å². The van der Waals surface area contributed by atoms with Crippen molar-refractivity contribution in [3.63, 3.8) is 0 Å². The van der Waals surface area contributed by atoms with E-state index in [4.69, 9.17) is 0 Å². The Balaban J connectivity index is 1.57. The van der Waals surface area contributed by atoms with Gasteiger partial charge in [0, 0.05) is 12.6 Å². The number of thiophene rings is 1. The minimum absolute atomic E-state index is 0.0255. The molecule has 9 nitrogen and oxygen atoms in total. The Morgan fingerprint density at radius 3 is 2.68 bits per heavy atom. The Morgan fingerprint density at radius 1 is 1.25 bits per heavy atom. The van der Waals surface area contributed by atoms with E-state index in [1.54, 1.807) is 37.2 Å². The summed E-state index contributed by atoms with van der Waals surface area (Å²) >= 11 is 1.39. The lowest BCUT2D eigenvalue weighted by atomic mass is 9.99.